The molecule has 0 aliphatic rings. The van der Waals surface area contributed by atoms with E-state index in [0.717, 1.165) is 0 Å². The van der Waals surface area contributed by atoms with Crippen LogP contribution in [-0.4, -0.2) is 10.2 Å². The van der Waals surface area contributed by atoms with Crippen LogP contribution in [0.3, 0.4) is 0 Å². The molecule has 0 aromatic rings. The Labute approximate surface area is 67.5 Å². The summed E-state index contributed by atoms with van der Waals surface area (Å²) in [5, 5.41) is 1.55. The van der Waals surface area contributed by atoms with Crippen LogP contribution in [0.25, 0.3) is 0 Å². The molecule has 1 heteroatoms. The van der Waals surface area contributed by atoms with Gasteiger partial charge >= 0.3 is 0 Å². The molecule has 0 radical (unpaired) electrons. The fraction of sp³-hybridized carbons (Fsp3) is 0.556. The number of hydrogen-bond donors (Lipinski definition) is 0. The minimum absolute atomic E-state index is 1.19. The average Bonchev–Trinajstić information content (AvgIpc) is 1.84. The van der Waals surface area contributed by atoms with E-state index in [-0.39, 0.29) is 0 Å². The number of allylic oxidation sites excluding steroid dienone is 4. The third kappa shape index (κ3) is 2.52. The molecule has 0 rings (SSSR count). The maximum Gasteiger partial charge on any atom is 0.0332 e. The van der Waals surface area contributed by atoms with Gasteiger partial charge < -0.3 is 0 Å². The third-order valence-electron chi connectivity index (χ3n) is 2.06. The minimum atomic E-state index is 1.19. The lowest BCUT2D eigenvalue weighted by atomic mass is 10.1. The molecule has 0 aromatic heterocycles. The van der Waals surface area contributed by atoms with Crippen LogP contribution in [0.5, 0.6) is 0 Å². The molecule has 10 heavy (non-hydrogen) atoms. The largest absolute Gasteiger partial charge is 0.0917 e. The van der Waals surface area contributed by atoms with Crippen molar-refractivity contribution in [1.29, 1.82) is 0 Å². The molecule has 0 heterocycles. The first kappa shape index (κ1) is 9.70. The Morgan fingerprint density at radius 1 is 0.800 bits per heavy atom. The molecule has 0 atom stereocenters. The first-order chi connectivity index (χ1) is 4.46. The summed E-state index contributed by atoms with van der Waals surface area (Å²) in [5.41, 5.74) is 4.40. The smallest absolute Gasteiger partial charge is 0.0332 e. The van der Waals surface area contributed by atoms with Gasteiger partial charge in [0.25, 0.3) is 0 Å². The molecule has 0 N–H and O–H groups in total. The lowest BCUT2D eigenvalue weighted by molar-refractivity contribution is 1.21. The molecule has 0 nitrogen and oxygen atoms in total. The summed E-state index contributed by atoms with van der Waals surface area (Å²) in [5.74, 6) is 0. The first-order valence-electron chi connectivity index (χ1n) is 3.75. The summed E-state index contributed by atoms with van der Waals surface area (Å²) in [6.45, 7) is 11.0. The van der Waals surface area contributed by atoms with Crippen LogP contribution in [0.4, 0.5) is 0 Å². The van der Waals surface area contributed by atoms with Crippen molar-refractivity contribution >= 4 is 10.2 Å². The lowest BCUT2D eigenvalue weighted by Crippen LogP contribution is -1.87. The van der Waals surface area contributed by atoms with Crippen LogP contribution in [-0.2, 0) is 0 Å². The third-order valence-corrected chi connectivity index (χ3v) is 2.81. The molecule has 0 unspecified atom stereocenters. The van der Waals surface area contributed by atoms with Crippen LogP contribution >= 0.6 is 0 Å². The molecule has 0 fully saturated rings. The van der Waals surface area contributed by atoms with Gasteiger partial charge in [-0.3, -0.25) is 0 Å². The highest BCUT2D eigenvalue weighted by atomic mass is 28.1. The van der Waals surface area contributed by atoms with E-state index >= 15 is 0 Å². The van der Waals surface area contributed by atoms with Crippen molar-refractivity contribution in [3.05, 3.63) is 21.9 Å². The zero-order valence-corrected chi connectivity index (χ0v) is 10.0. The van der Waals surface area contributed by atoms with Crippen molar-refractivity contribution < 1.29 is 0 Å². The summed E-state index contributed by atoms with van der Waals surface area (Å²) in [4.78, 5) is 0. The Morgan fingerprint density at radius 2 is 1.20 bits per heavy atom. The van der Waals surface area contributed by atoms with Gasteiger partial charge in [0.2, 0.25) is 0 Å². The second-order valence-corrected chi connectivity index (χ2v) is 4.75. The topological polar surface area (TPSA) is 0 Å². The van der Waals surface area contributed by atoms with E-state index in [1.165, 1.54) is 27.0 Å². The van der Waals surface area contributed by atoms with Crippen LogP contribution in [0, 0.1) is 0 Å². The van der Waals surface area contributed by atoms with Gasteiger partial charge in [-0.25, -0.2) is 0 Å². The van der Waals surface area contributed by atoms with Gasteiger partial charge in [-0.15, -0.1) is 0 Å². The predicted molar refractivity (Wildman–Crippen MR) is 52.4 cm³/mol. The highest BCUT2D eigenvalue weighted by molar-refractivity contribution is 6.21. The fourth-order valence-electron chi connectivity index (χ4n) is 0.750. The zero-order chi connectivity index (χ0) is 8.31. The summed E-state index contributed by atoms with van der Waals surface area (Å²) < 4.78 is 0. The standard InChI is InChI=1S/C9H18Si/c1-6(2)7(3)8(4)9(5)10/h1-5,10H3/b9-8+. The van der Waals surface area contributed by atoms with E-state index in [0.29, 0.717) is 0 Å². The molecule has 0 bridgehead atoms. The van der Waals surface area contributed by atoms with E-state index in [2.05, 4.69) is 34.6 Å². The molecular weight excluding hydrogens is 136 g/mol. The Kier molecular flexibility index (Phi) is 3.65. The Bertz CT molecular complexity index is 155. The van der Waals surface area contributed by atoms with E-state index < -0.39 is 0 Å². The van der Waals surface area contributed by atoms with E-state index in [9.17, 15) is 0 Å². The molecule has 0 saturated heterocycles. The lowest BCUT2D eigenvalue weighted by Gasteiger charge is -2.05. The highest BCUT2D eigenvalue weighted by Gasteiger charge is 1.95. The number of rotatable bonds is 1. The summed E-state index contributed by atoms with van der Waals surface area (Å²) in [7, 11) is 1.19. The molecule has 58 valence electrons. The van der Waals surface area contributed by atoms with E-state index in [1.54, 1.807) is 5.20 Å². The van der Waals surface area contributed by atoms with Crippen molar-refractivity contribution in [3.8, 4) is 0 Å². The van der Waals surface area contributed by atoms with Gasteiger partial charge in [-0.05, 0) is 34.6 Å². The summed E-state index contributed by atoms with van der Waals surface area (Å²) in [6.07, 6.45) is 0. The van der Waals surface area contributed by atoms with E-state index in [4.69, 9.17) is 0 Å². The van der Waals surface area contributed by atoms with Crippen molar-refractivity contribution in [2.75, 3.05) is 0 Å². The van der Waals surface area contributed by atoms with Gasteiger partial charge in [0, 0.05) is 10.2 Å². The molecular formula is C9H18Si. The van der Waals surface area contributed by atoms with Gasteiger partial charge in [0.05, 0.1) is 0 Å². The SMILES string of the molecule is CC(C)=C(C)/C(C)=C(\C)[SiH3]. The molecule has 0 aromatic carbocycles. The van der Waals surface area contributed by atoms with Crippen molar-refractivity contribution in [2.24, 2.45) is 0 Å². The van der Waals surface area contributed by atoms with Crippen molar-refractivity contribution in [2.45, 2.75) is 34.6 Å². The second kappa shape index (κ2) is 3.77. The van der Waals surface area contributed by atoms with Crippen LogP contribution in [0.15, 0.2) is 21.9 Å². The average molecular weight is 154 g/mol. The normalized spacial score (nSPS) is 12.9. The number of hydrogen-bond acceptors (Lipinski definition) is 0. The molecule has 0 aliphatic heterocycles. The van der Waals surface area contributed by atoms with Crippen LogP contribution in [0.1, 0.15) is 34.6 Å². The van der Waals surface area contributed by atoms with Crippen molar-refractivity contribution in [3.63, 3.8) is 0 Å². The van der Waals surface area contributed by atoms with Crippen molar-refractivity contribution in [1.82, 2.24) is 0 Å². The Balaban J connectivity index is 4.71. The molecule has 0 spiro atoms. The summed E-state index contributed by atoms with van der Waals surface area (Å²) >= 11 is 0. The molecule has 0 aliphatic carbocycles. The Morgan fingerprint density at radius 3 is 1.30 bits per heavy atom. The first-order valence-corrected chi connectivity index (χ1v) is 4.75. The molecule has 0 amide bonds. The monoisotopic (exact) mass is 154 g/mol. The van der Waals surface area contributed by atoms with Gasteiger partial charge in [-0.2, -0.15) is 0 Å². The Hall–Kier alpha value is -0.303. The second-order valence-electron chi connectivity index (χ2n) is 3.25. The molecule has 0 saturated carbocycles. The minimum Gasteiger partial charge on any atom is -0.0917 e. The maximum absolute atomic E-state index is 2.22. The van der Waals surface area contributed by atoms with Crippen LogP contribution < -0.4 is 0 Å². The quantitative estimate of drug-likeness (QED) is 0.400. The van der Waals surface area contributed by atoms with E-state index in [1.807, 2.05) is 0 Å². The summed E-state index contributed by atoms with van der Waals surface area (Å²) in [6, 6.07) is 0. The zero-order valence-electron chi connectivity index (χ0n) is 8.00. The maximum atomic E-state index is 2.22. The van der Waals surface area contributed by atoms with Gasteiger partial charge in [-0.1, -0.05) is 21.9 Å². The highest BCUT2D eigenvalue weighted by Crippen LogP contribution is 2.15. The predicted octanol–water partition coefficient (Wildman–Crippen LogP) is 2.00. The fourth-order valence-corrected chi connectivity index (χ4v) is 1.12. The van der Waals surface area contributed by atoms with Gasteiger partial charge in [0.1, 0.15) is 0 Å². The van der Waals surface area contributed by atoms with Crippen LogP contribution in [0.2, 0.25) is 0 Å². The van der Waals surface area contributed by atoms with Gasteiger partial charge in [0.15, 0.2) is 0 Å².